The summed E-state index contributed by atoms with van der Waals surface area (Å²) in [4.78, 5) is 0. The van der Waals surface area contributed by atoms with E-state index in [1.165, 1.54) is 98.4 Å². The maximum Gasteiger partial charge on any atom is -0.00201 e. The van der Waals surface area contributed by atoms with Gasteiger partial charge in [-0.25, -0.2) is 0 Å². The van der Waals surface area contributed by atoms with Crippen molar-refractivity contribution in [2.75, 3.05) is 0 Å². The topological polar surface area (TPSA) is 0 Å². The average Bonchev–Trinajstić information content (AvgIpc) is 3.20. The highest BCUT2D eigenvalue weighted by molar-refractivity contribution is 6.24. The molecule has 0 N–H and O–H groups in total. The number of fused-ring (bicyclic) bond motifs is 6. The second-order valence-electron chi connectivity index (χ2n) is 13.2. The van der Waals surface area contributed by atoms with E-state index < -0.39 is 0 Å². The van der Waals surface area contributed by atoms with E-state index in [2.05, 4.69) is 194 Å². The van der Waals surface area contributed by atoms with Crippen LogP contribution in [-0.4, -0.2) is 0 Å². The molecule has 0 spiro atoms. The lowest BCUT2D eigenvalue weighted by Gasteiger charge is -2.20. The summed E-state index contributed by atoms with van der Waals surface area (Å²) in [5.74, 6) is 0. The fourth-order valence-electron chi connectivity index (χ4n) is 8.15. The molecule has 0 fully saturated rings. The van der Waals surface area contributed by atoms with Gasteiger partial charge in [0.2, 0.25) is 0 Å². The van der Waals surface area contributed by atoms with Gasteiger partial charge in [-0.2, -0.15) is 0 Å². The monoisotopic (exact) mass is 632 g/mol. The minimum atomic E-state index is 1.22. The first-order valence-electron chi connectivity index (χ1n) is 17.4. The highest BCUT2D eigenvalue weighted by Gasteiger charge is 2.19. The van der Waals surface area contributed by atoms with E-state index in [4.69, 9.17) is 0 Å². The van der Waals surface area contributed by atoms with Gasteiger partial charge in [0, 0.05) is 0 Å². The Balaban J connectivity index is 1.23. The second-order valence-corrected chi connectivity index (χ2v) is 13.2. The van der Waals surface area contributed by atoms with Crippen molar-refractivity contribution in [1.29, 1.82) is 0 Å². The van der Waals surface area contributed by atoms with Gasteiger partial charge in [0.15, 0.2) is 0 Å². The van der Waals surface area contributed by atoms with Crippen LogP contribution in [-0.2, 0) is 0 Å². The highest BCUT2D eigenvalue weighted by Crippen LogP contribution is 2.47. The molecule has 10 rings (SSSR count). The van der Waals surface area contributed by atoms with Crippen LogP contribution in [0.15, 0.2) is 194 Å². The summed E-state index contributed by atoms with van der Waals surface area (Å²) in [5, 5.41) is 12.7. The molecule has 0 heteroatoms. The van der Waals surface area contributed by atoms with Gasteiger partial charge in [0.1, 0.15) is 0 Å². The molecule has 0 amide bonds. The van der Waals surface area contributed by atoms with Crippen LogP contribution in [0.3, 0.4) is 0 Å². The van der Waals surface area contributed by atoms with Crippen molar-refractivity contribution >= 4 is 53.9 Å². The van der Waals surface area contributed by atoms with Crippen molar-refractivity contribution in [3.05, 3.63) is 194 Å². The minimum absolute atomic E-state index is 1.22. The Kier molecular flexibility index (Phi) is 6.60. The summed E-state index contributed by atoms with van der Waals surface area (Å²) in [6, 6.07) is 71.3. The first kappa shape index (κ1) is 28.5. The average molecular weight is 633 g/mol. The van der Waals surface area contributed by atoms with Crippen LogP contribution in [0.2, 0.25) is 0 Å². The van der Waals surface area contributed by atoms with Crippen molar-refractivity contribution in [2.24, 2.45) is 0 Å². The molecule has 0 saturated heterocycles. The molecule has 0 nitrogen and oxygen atoms in total. The quantitative estimate of drug-likeness (QED) is 0.134. The van der Waals surface area contributed by atoms with Crippen molar-refractivity contribution in [3.63, 3.8) is 0 Å². The van der Waals surface area contributed by atoms with E-state index >= 15 is 0 Å². The van der Waals surface area contributed by atoms with Gasteiger partial charge < -0.3 is 0 Å². The summed E-state index contributed by atoms with van der Waals surface area (Å²) >= 11 is 0. The summed E-state index contributed by atoms with van der Waals surface area (Å²) in [5.41, 5.74) is 10.00. The molecule has 0 aliphatic rings. The molecular weight excluding hydrogens is 601 g/mol. The molecule has 0 saturated carbocycles. The van der Waals surface area contributed by atoms with Crippen molar-refractivity contribution < 1.29 is 0 Å². The van der Waals surface area contributed by atoms with E-state index in [1.807, 2.05) is 0 Å². The Morgan fingerprint density at radius 3 is 1.38 bits per heavy atom. The Bertz CT molecular complexity index is 2860. The first-order chi connectivity index (χ1) is 24.8. The molecule has 0 aliphatic carbocycles. The summed E-state index contributed by atoms with van der Waals surface area (Å²) in [7, 11) is 0. The lowest BCUT2D eigenvalue weighted by molar-refractivity contribution is 1.60. The number of benzene rings is 10. The Morgan fingerprint density at radius 2 is 0.680 bits per heavy atom. The number of rotatable bonds is 4. The van der Waals surface area contributed by atoms with E-state index in [0.29, 0.717) is 0 Å². The zero-order valence-electron chi connectivity index (χ0n) is 27.5. The van der Waals surface area contributed by atoms with Crippen LogP contribution in [0, 0.1) is 0 Å². The summed E-state index contributed by atoms with van der Waals surface area (Å²) in [6.07, 6.45) is 0. The molecule has 0 unspecified atom stereocenters. The Hall–Kier alpha value is -6.50. The summed E-state index contributed by atoms with van der Waals surface area (Å²) < 4.78 is 0. The smallest absolute Gasteiger partial charge is 0.00201 e. The van der Waals surface area contributed by atoms with Gasteiger partial charge in [-0.1, -0.05) is 182 Å². The molecule has 232 valence electrons. The van der Waals surface area contributed by atoms with E-state index in [1.54, 1.807) is 0 Å². The Labute approximate surface area is 291 Å². The SMILES string of the molecule is c1ccc(-c2cccc(-c3ccc(-c4c5ccccc5c(-c5ccc6ccc7ccccc7c6c5)c5ccccc45)c4ccccc34)c2)cc1. The van der Waals surface area contributed by atoms with Crippen molar-refractivity contribution in [2.45, 2.75) is 0 Å². The van der Waals surface area contributed by atoms with Gasteiger partial charge in [0.05, 0.1) is 0 Å². The van der Waals surface area contributed by atoms with Crippen LogP contribution in [0.1, 0.15) is 0 Å². The number of hydrogen-bond donors (Lipinski definition) is 0. The molecule has 10 aromatic rings. The molecule has 0 radical (unpaired) electrons. The standard InChI is InChI=1S/C50H32/c1-2-13-33(14-3-1)36-16-12-17-37(31-36)40-29-30-47(42-20-7-6-19-41(40)42)50-45-23-10-8-21-43(45)49(44-22-9-11-24-46(44)50)38-28-27-35-26-25-34-15-4-5-18-39(34)48(35)32-38/h1-32H. The third kappa shape index (κ3) is 4.54. The highest BCUT2D eigenvalue weighted by atomic mass is 14.2. The van der Waals surface area contributed by atoms with Crippen LogP contribution in [0.4, 0.5) is 0 Å². The van der Waals surface area contributed by atoms with Gasteiger partial charge >= 0.3 is 0 Å². The maximum absolute atomic E-state index is 2.40. The lowest BCUT2D eigenvalue weighted by Crippen LogP contribution is -1.92. The molecule has 50 heavy (non-hydrogen) atoms. The molecule has 0 bridgehead atoms. The predicted octanol–water partition coefficient (Wildman–Crippen LogP) is 14.1. The molecule has 10 aromatic carbocycles. The second kappa shape index (κ2) is 11.6. The fourth-order valence-corrected chi connectivity index (χ4v) is 8.15. The molecule has 0 atom stereocenters. The van der Waals surface area contributed by atoms with Crippen molar-refractivity contribution in [1.82, 2.24) is 0 Å². The molecule has 0 aliphatic heterocycles. The number of hydrogen-bond acceptors (Lipinski definition) is 0. The van der Waals surface area contributed by atoms with Crippen LogP contribution < -0.4 is 0 Å². The normalized spacial score (nSPS) is 11.6. The van der Waals surface area contributed by atoms with E-state index in [-0.39, 0.29) is 0 Å². The maximum atomic E-state index is 2.40. The van der Waals surface area contributed by atoms with E-state index in [0.717, 1.165) is 0 Å². The fraction of sp³-hybridized carbons (Fsp3) is 0. The molecule has 0 aromatic heterocycles. The zero-order chi connectivity index (χ0) is 33.0. The zero-order valence-corrected chi connectivity index (χ0v) is 27.5. The minimum Gasteiger partial charge on any atom is -0.0622 e. The first-order valence-corrected chi connectivity index (χ1v) is 17.4. The van der Waals surface area contributed by atoms with Crippen LogP contribution >= 0.6 is 0 Å². The Morgan fingerprint density at radius 1 is 0.200 bits per heavy atom. The van der Waals surface area contributed by atoms with Crippen LogP contribution in [0.5, 0.6) is 0 Å². The molecular formula is C50H32. The van der Waals surface area contributed by atoms with Gasteiger partial charge in [-0.15, -0.1) is 0 Å². The van der Waals surface area contributed by atoms with E-state index in [9.17, 15) is 0 Å². The lowest BCUT2D eigenvalue weighted by atomic mass is 9.83. The van der Waals surface area contributed by atoms with Gasteiger partial charge in [-0.05, 0) is 111 Å². The van der Waals surface area contributed by atoms with Crippen LogP contribution in [0.25, 0.3) is 98.4 Å². The van der Waals surface area contributed by atoms with Crippen molar-refractivity contribution in [3.8, 4) is 44.5 Å². The van der Waals surface area contributed by atoms with Gasteiger partial charge in [-0.3, -0.25) is 0 Å². The molecule has 0 heterocycles. The predicted molar refractivity (Wildman–Crippen MR) is 216 cm³/mol. The summed E-state index contributed by atoms with van der Waals surface area (Å²) in [6.45, 7) is 0. The largest absolute Gasteiger partial charge is 0.0622 e. The van der Waals surface area contributed by atoms with Gasteiger partial charge in [0.25, 0.3) is 0 Å². The third-order valence-corrected chi connectivity index (χ3v) is 10.4. The third-order valence-electron chi connectivity index (χ3n) is 10.4.